The van der Waals surface area contributed by atoms with Crippen molar-refractivity contribution in [1.29, 1.82) is 0 Å². The van der Waals surface area contributed by atoms with Gasteiger partial charge in [-0.2, -0.15) is 0 Å². The van der Waals surface area contributed by atoms with Gasteiger partial charge in [0.15, 0.2) is 0 Å². The number of nitrogens with one attached hydrogen (secondary N) is 2. The van der Waals surface area contributed by atoms with Crippen LogP contribution in [0.15, 0.2) is 54.9 Å². The van der Waals surface area contributed by atoms with Crippen molar-refractivity contribution >= 4 is 29.1 Å². The Hall–Kier alpha value is -3.94. The van der Waals surface area contributed by atoms with E-state index in [0.717, 1.165) is 47.6 Å². The van der Waals surface area contributed by atoms with E-state index >= 15 is 0 Å². The third kappa shape index (κ3) is 4.07. The smallest absolute Gasteiger partial charge is 0.313 e. The van der Waals surface area contributed by atoms with E-state index in [1.165, 1.54) is 0 Å². The number of aromatic nitrogens is 2. The minimum Gasteiger partial charge on any atom is -0.348 e. The lowest BCUT2D eigenvalue weighted by atomic mass is 9.96. The molecule has 0 radical (unpaired) electrons. The largest absolute Gasteiger partial charge is 0.348 e. The Morgan fingerprint density at radius 1 is 1.15 bits per heavy atom. The molecule has 2 aliphatic rings. The Kier molecular flexibility index (Phi) is 5.88. The molecular formula is C26H27N5O3. The van der Waals surface area contributed by atoms with Crippen molar-refractivity contribution < 1.29 is 14.4 Å². The van der Waals surface area contributed by atoms with Gasteiger partial charge in [0.1, 0.15) is 5.82 Å². The highest BCUT2D eigenvalue weighted by molar-refractivity contribution is 6.39. The summed E-state index contributed by atoms with van der Waals surface area (Å²) in [5, 5.41) is 5.40. The predicted molar refractivity (Wildman–Crippen MR) is 129 cm³/mol. The Morgan fingerprint density at radius 3 is 2.79 bits per heavy atom. The molecule has 3 amide bonds. The molecule has 1 aromatic heterocycles. The van der Waals surface area contributed by atoms with Crippen molar-refractivity contribution in [1.82, 2.24) is 14.9 Å². The van der Waals surface area contributed by atoms with Gasteiger partial charge in [-0.1, -0.05) is 30.3 Å². The van der Waals surface area contributed by atoms with Gasteiger partial charge in [-0.05, 0) is 49.4 Å². The first-order chi connectivity index (χ1) is 16.5. The topological polar surface area (TPSA) is 96.3 Å². The third-order valence-corrected chi connectivity index (χ3v) is 6.49. The number of benzene rings is 2. The van der Waals surface area contributed by atoms with Crippen molar-refractivity contribution in [3.05, 3.63) is 66.0 Å². The van der Waals surface area contributed by atoms with Gasteiger partial charge in [0.05, 0.1) is 11.6 Å². The molecule has 0 bridgehead atoms. The molecule has 0 saturated carbocycles. The van der Waals surface area contributed by atoms with Crippen LogP contribution in [0.3, 0.4) is 0 Å². The molecule has 0 spiro atoms. The van der Waals surface area contributed by atoms with Crippen LogP contribution in [0, 0.1) is 0 Å². The zero-order valence-electron chi connectivity index (χ0n) is 19.1. The third-order valence-electron chi connectivity index (χ3n) is 6.49. The standard InChI is InChI=1S/C26H27N5O3/c1-17-21-16-20(15-19-9-5-13-31(22(19)21)26(17)34)29-25(33)24(32)28-10-6-12-30-14-11-27-23(30)18-7-3-2-4-8-18/h2-4,7-8,11,14-17H,5-6,9-10,12-13H2,1H3,(H,28,32)(H,29,33). The van der Waals surface area contributed by atoms with E-state index in [1.807, 2.05) is 65.1 Å². The normalized spacial score (nSPS) is 16.3. The van der Waals surface area contributed by atoms with Crippen LogP contribution >= 0.6 is 0 Å². The quantitative estimate of drug-likeness (QED) is 0.439. The maximum absolute atomic E-state index is 12.5. The van der Waals surface area contributed by atoms with Crippen LogP contribution in [-0.4, -0.2) is 40.4 Å². The lowest BCUT2D eigenvalue weighted by Gasteiger charge is -2.26. The van der Waals surface area contributed by atoms with Crippen LogP contribution < -0.4 is 15.5 Å². The lowest BCUT2D eigenvalue weighted by molar-refractivity contribution is -0.136. The van der Waals surface area contributed by atoms with Crippen LogP contribution in [-0.2, 0) is 27.3 Å². The molecule has 1 unspecified atom stereocenters. The van der Waals surface area contributed by atoms with Gasteiger partial charge < -0.3 is 20.1 Å². The number of rotatable bonds is 6. The average Bonchev–Trinajstić information content (AvgIpc) is 3.42. The van der Waals surface area contributed by atoms with E-state index in [2.05, 4.69) is 15.6 Å². The fourth-order valence-corrected chi connectivity index (χ4v) is 4.82. The summed E-state index contributed by atoms with van der Waals surface area (Å²) in [4.78, 5) is 43.6. The summed E-state index contributed by atoms with van der Waals surface area (Å²) in [5.74, 6) is -0.637. The molecule has 2 aliphatic heterocycles. The fraction of sp³-hybridized carbons (Fsp3) is 0.308. The van der Waals surface area contributed by atoms with Gasteiger partial charge >= 0.3 is 11.8 Å². The zero-order chi connectivity index (χ0) is 23.7. The van der Waals surface area contributed by atoms with E-state index in [1.54, 1.807) is 6.20 Å². The molecule has 8 nitrogen and oxygen atoms in total. The molecule has 2 N–H and O–H groups in total. The molecule has 0 saturated heterocycles. The molecule has 0 fully saturated rings. The van der Waals surface area contributed by atoms with E-state index in [-0.39, 0.29) is 11.8 Å². The first-order valence-electron chi connectivity index (χ1n) is 11.7. The lowest BCUT2D eigenvalue weighted by Crippen LogP contribution is -2.36. The maximum Gasteiger partial charge on any atom is 0.313 e. The van der Waals surface area contributed by atoms with E-state index in [9.17, 15) is 14.4 Å². The highest BCUT2D eigenvalue weighted by atomic mass is 16.2. The second-order valence-electron chi connectivity index (χ2n) is 8.76. The minimum absolute atomic E-state index is 0.102. The second-order valence-corrected chi connectivity index (χ2v) is 8.76. The summed E-state index contributed by atoms with van der Waals surface area (Å²) in [6, 6.07) is 13.6. The van der Waals surface area contributed by atoms with Crippen molar-refractivity contribution in [3.63, 3.8) is 0 Å². The highest BCUT2D eigenvalue weighted by Gasteiger charge is 2.38. The summed E-state index contributed by atoms with van der Waals surface area (Å²) in [5.41, 5.74) is 4.55. The Balaban J connectivity index is 1.16. The average molecular weight is 458 g/mol. The Bertz CT molecular complexity index is 1250. The van der Waals surface area contributed by atoms with E-state index in [4.69, 9.17) is 0 Å². The number of amides is 3. The molecular weight excluding hydrogens is 430 g/mol. The van der Waals surface area contributed by atoms with Crippen molar-refractivity contribution in [2.45, 2.75) is 38.6 Å². The van der Waals surface area contributed by atoms with Gasteiger partial charge in [-0.3, -0.25) is 14.4 Å². The summed E-state index contributed by atoms with van der Waals surface area (Å²) in [6.45, 7) is 3.67. The first-order valence-corrected chi connectivity index (χ1v) is 11.7. The Morgan fingerprint density at radius 2 is 1.97 bits per heavy atom. The number of carbonyl (C=O) groups excluding carboxylic acids is 3. The molecule has 3 heterocycles. The van der Waals surface area contributed by atoms with Crippen LogP contribution in [0.2, 0.25) is 0 Å². The summed E-state index contributed by atoms with van der Waals surface area (Å²) in [6.07, 6.45) is 6.07. The second kappa shape index (κ2) is 9.13. The van der Waals surface area contributed by atoms with E-state index in [0.29, 0.717) is 25.2 Å². The van der Waals surface area contributed by atoms with Crippen LogP contribution in [0.1, 0.15) is 36.8 Å². The van der Waals surface area contributed by atoms with Crippen LogP contribution in [0.5, 0.6) is 0 Å². The fourth-order valence-electron chi connectivity index (χ4n) is 4.82. The van der Waals surface area contributed by atoms with Crippen molar-refractivity contribution in [2.24, 2.45) is 0 Å². The van der Waals surface area contributed by atoms with Gasteiger partial charge in [0, 0.05) is 43.3 Å². The first kappa shape index (κ1) is 21.9. The molecule has 3 aromatic rings. The number of hydrogen-bond acceptors (Lipinski definition) is 4. The molecule has 1 atom stereocenters. The zero-order valence-corrected chi connectivity index (χ0v) is 19.1. The molecule has 0 aliphatic carbocycles. The van der Waals surface area contributed by atoms with Gasteiger partial charge in [0.25, 0.3) is 0 Å². The molecule has 174 valence electrons. The predicted octanol–water partition coefficient (Wildman–Crippen LogP) is 3.09. The summed E-state index contributed by atoms with van der Waals surface area (Å²) in [7, 11) is 0. The van der Waals surface area contributed by atoms with E-state index < -0.39 is 11.8 Å². The number of nitrogens with zero attached hydrogens (tertiary/aromatic N) is 3. The van der Waals surface area contributed by atoms with Gasteiger partial charge in [0.2, 0.25) is 5.91 Å². The number of carbonyl (C=O) groups is 3. The Labute approximate surface area is 198 Å². The highest BCUT2D eigenvalue weighted by Crippen LogP contribution is 2.44. The molecule has 34 heavy (non-hydrogen) atoms. The summed E-state index contributed by atoms with van der Waals surface area (Å²) >= 11 is 0. The van der Waals surface area contributed by atoms with Crippen molar-refractivity contribution in [3.8, 4) is 11.4 Å². The SMILES string of the molecule is CC1C(=O)N2CCCc3cc(NC(=O)C(=O)NCCCn4ccnc4-c4ccccc4)cc1c32. The van der Waals surface area contributed by atoms with Gasteiger partial charge in [-0.25, -0.2) is 4.98 Å². The number of imidazole rings is 1. The van der Waals surface area contributed by atoms with Crippen molar-refractivity contribution in [2.75, 3.05) is 23.3 Å². The van der Waals surface area contributed by atoms with Crippen LogP contribution in [0.4, 0.5) is 11.4 Å². The van der Waals surface area contributed by atoms with Gasteiger partial charge in [-0.15, -0.1) is 0 Å². The summed E-state index contributed by atoms with van der Waals surface area (Å²) < 4.78 is 2.03. The number of anilines is 2. The molecule has 2 aromatic carbocycles. The number of hydrogen-bond donors (Lipinski definition) is 2. The molecule has 5 rings (SSSR count). The van der Waals surface area contributed by atoms with Crippen LogP contribution in [0.25, 0.3) is 11.4 Å². The number of aryl methyl sites for hydroxylation is 2. The minimum atomic E-state index is -0.704. The molecule has 8 heteroatoms. The monoisotopic (exact) mass is 457 g/mol. The maximum atomic E-state index is 12.5.